The summed E-state index contributed by atoms with van der Waals surface area (Å²) in [6.07, 6.45) is 0.448. The van der Waals surface area contributed by atoms with Crippen molar-refractivity contribution in [3.8, 4) is 11.4 Å². The summed E-state index contributed by atoms with van der Waals surface area (Å²) in [5.41, 5.74) is 2.50. The lowest BCUT2D eigenvalue weighted by Gasteiger charge is -2.29. The number of rotatable bonds is 7. The van der Waals surface area contributed by atoms with E-state index in [4.69, 9.17) is 16.1 Å². The maximum atomic E-state index is 13.3. The molecule has 0 saturated heterocycles. The quantitative estimate of drug-likeness (QED) is 0.369. The number of aromatic nitrogens is 2. The minimum Gasteiger partial charge on any atom is -0.339 e. The van der Waals surface area contributed by atoms with Crippen LogP contribution in [0.1, 0.15) is 34.8 Å². The second-order valence-electron chi connectivity index (χ2n) is 7.22. The van der Waals surface area contributed by atoms with Gasteiger partial charge in [-0.05, 0) is 36.8 Å². The molecule has 1 aromatic heterocycles. The van der Waals surface area contributed by atoms with Crippen LogP contribution >= 0.6 is 11.6 Å². The number of benzene rings is 3. The normalized spacial score (nSPS) is 11.8. The molecule has 31 heavy (non-hydrogen) atoms. The smallest absolute Gasteiger partial charge is 0.254 e. The van der Waals surface area contributed by atoms with Gasteiger partial charge in [0, 0.05) is 29.1 Å². The predicted molar refractivity (Wildman–Crippen MR) is 121 cm³/mol. The fourth-order valence-electron chi connectivity index (χ4n) is 3.45. The Morgan fingerprint density at radius 3 is 2.42 bits per heavy atom. The number of carbonyl (C=O) groups is 1. The Morgan fingerprint density at radius 2 is 1.71 bits per heavy atom. The lowest BCUT2D eigenvalue weighted by atomic mass is 10.1. The molecule has 0 fully saturated rings. The summed E-state index contributed by atoms with van der Waals surface area (Å²) in [6, 6.07) is 26.5. The van der Waals surface area contributed by atoms with Crippen LogP contribution in [-0.4, -0.2) is 27.5 Å². The first-order chi connectivity index (χ1) is 15.1. The van der Waals surface area contributed by atoms with Crippen molar-refractivity contribution in [2.24, 2.45) is 0 Å². The van der Waals surface area contributed by atoms with Gasteiger partial charge in [0.25, 0.3) is 5.91 Å². The van der Waals surface area contributed by atoms with E-state index in [0.717, 1.165) is 11.1 Å². The molecule has 0 aliphatic rings. The fraction of sp³-hybridized carbons (Fsp3) is 0.160. The monoisotopic (exact) mass is 431 g/mol. The molecule has 6 heteroatoms. The van der Waals surface area contributed by atoms with Gasteiger partial charge in [0.1, 0.15) is 0 Å². The van der Waals surface area contributed by atoms with E-state index in [1.807, 2.05) is 84.6 Å². The number of hydrogen-bond acceptors (Lipinski definition) is 4. The van der Waals surface area contributed by atoms with Crippen molar-refractivity contribution in [2.75, 3.05) is 6.54 Å². The highest BCUT2D eigenvalue weighted by Crippen LogP contribution is 2.24. The van der Waals surface area contributed by atoms with Crippen LogP contribution < -0.4 is 0 Å². The number of amides is 1. The Labute approximate surface area is 186 Å². The van der Waals surface area contributed by atoms with Gasteiger partial charge < -0.3 is 9.42 Å². The summed E-state index contributed by atoms with van der Waals surface area (Å²) in [6.45, 7) is 2.47. The average molecular weight is 432 g/mol. The molecule has 3 aromatic carbocycles. The second kappa shape index (κ2) is 9.58. The number of halogens is 1. The van der Waals surface area contributed by atoms with Gasteiger partial charge in [-0.15, -0.1) is 0 Å². The maximum absolute atomic E-state index is 13.3. The van der Waals surface area contributed by atoms with E-state index in [2.05, 4.69) is 10.1 Å². The third-order valence-corrected chi connectivity index (χ3v) is 5.38. The lowest BCUT2D eigenvalue weighted by molar-refractivity contribution is 0.0689. The summed E-state index contributed by atoms with van der Waals surface area (Å²) >= 11 is 6.06. The summed E-state index contributed by atoms with van der Waals surface area (Å²) in [5, 5.41) is 4.67. The second-order valence-corrected chi connectivity index (χ2v) is 7.66. The zero-order valence-corrected chi connectivity index (χ0v) is 17.9. The van der Waals surface area contributed by atoms with E-state index in [-0.39, 0.29) is 11.9 Å². The molecule has 1 atom stereocenters. The van der Waals surface area contributed by atoms with E-state index in [0.29, 0.717) is 35.3 Å². The highest BCUT2D eigenvalue weighted by molar-refractivity contribution is 6.30. The Bertz CT molecular complexity index is 1150. The van der Waals surface area contributed by atoms with Gasteiger partial charge in [0.15, 0.2) is 0 Å². The van der Waals surface area contributed by atoms with Gasteiger partial charge in [-0.2, -0.15) is 4.98 Å². The van der Waals surface area contributed by atoms with Gasteiger partial charge in [0.05, 0.1) is 6.04 Å². The largest absolute Gasteiger partial charge is 0.339 e. The van der Waals surface area contributed by atoms with Gasteiger partial charge in [0.2, 0.25) is 11.7 Å². The van der Waals surface area contributed by atoms with E-state index in [1.165, 1.54) is 0 Å². The van der Waals surface area contributed by atoms with E-state index in [9.17, 15) is 4.79 Å². The van der Waals surface area contributed by atoms with Crippen LogP contribution in [-0.2, 0) is 6.42 Å². The Morgan fingerprint density at radius 1 is 1.00 bits per heavy atom. The van der Waals surface area contributed by atoms with Crippen LogP contribution in [0.15, 0.2) is 89.5 Å². The number of hydrogen-bond donors (Lipinski definition) is 0. The molecule has 1 amide bonds. The number of nitrogens with zero attached hydrogens (tertiary/aromatic N) is 3. The molecular weight excluding hydrogens is 410 g/mol. The Kier molecular flexibility index (Phi) is 6.43. The Balaban J connectivity index is 1.54. The zero-order valence-electron chi connectivity index (χ0n) is 17.1. The molecule has 0 unspecified atom stereocenters. The van der Waals surface area contributed by atoms with Crippen molar-refractivity contribution in [3.05, 3.63) is 107 Å². The first-order valence-corrected chi connectivity index (χ1v) is 10.5. The van der Waals surface area contributed by atoms with Crippen LogP contribution in [0.3, 0.4) is 0 Å². The van der Waals surface area contributed by atoms with Crippen LogP contribution in [0.5, 0.6) is 0 Å². The highest BCUT2D eigenvalue weighted by atomic mass is 35.5. The number of carbonyl (C=O) groups excluding carboxylic acids is 1. The Hall–Kier alpha value is -3.44. The minimum absolute atomic E-state index is 0.0356. The molecule has 0 bridgehead atoms. The predicted octanol–water partition coefficient (Wildman–Crippen LogP) is 5.84. The summed E-state index contributed by atoms with van der Waals surface area (Å²) in [4.78, 5) is 19.6. The topological polar surface area (TPSA) is 59.2 Å². The first kappa shape index (κ1) is 20.8. The van der Waals surface area contributed by atoms with Crippen LogP contribution in [0.2, 0.25) is 5.02 Å². The third-order valence-electron chi connectivity index (χ3n) is 5.15. The first-order valence-electron chi connectivity index (χ1n) is 10.1. The zero-order chi connectivity index (χ0) is 21.6. The highest BCUT2D eigenvalue weighted by Gasteiger charge is 2.23. The molecule has 4 aromatic rings. The van der Waals surface area contributed by atoms with Gasteiger partial charge in [-0.1, -0.05) is 77.4 Å². The molecule has 0 aliphatic carbocycles. The van der Waals surface area contributed by atoms with Crippen molar-refractivity contribution in [1.82, 2.24) is 15.0 Å². The van der Waals surface area contributed by atoms with Gasteiger partial charge in [-0.3, -0.25) is 4.79 Å². The van der Waals surface area contributed by atoms with Crippen LogP contribution in [0.4, 0.5) is 0 Å². The maximum Gasteiger partial charge on any atom is 0.254 e. The summed E-state index contributed by atoms with van der Waals surface area (Å²) < 4.78 is 5.44. The molecular formula is C25H22ClN3O2. The van der Waals surface area contributed by atoms with Crippen LogP contribution in [0, 0.1) is 0 Å². The molecule has 4 rings (SSSR count). The van der Waals surface area contributed by atoms with Crippen molar-refractivity contribution < 1.29 is 9.32 Å². The molecule has 5 nitrogen and oxygen atoms in total. The lowest BCUT2D eigenvalue weighted by Crippen LogP contribution is -2.35. The molecule has 0 aliphatic heterocycles. The van der Waals surface area contributed by atoms with Crippen molar-refractivity contribution in [3.63, 3.8) is 0 Å². The SMILES string of the molecule is C[C@H](c1ccccc1)N(CCc1nc(-c2cccc(Cl)c2)no1)C(=O)c1ccccc1. The van der Waals surface area contributed by atoms with E-state index < -0.39 is 0 Å². The van der Waals surface area contributed by atoms with Crippen molar-refractivity contribution >= 4 is 17.5 Å². The average Bonchev–Trinajstić information content (AvgIpc) is 3.29. The third kappa shape index (κ3) is 5.01. The molecule has 0 spiro atoms. The molecule has 0 radical (unpaired) electrons. The van der Waals surface area contributed by atoms with Gasteiger partial charge >= 0.3 is 0 Å². The minimum atomic E-state index is -0.107. The van der Waals surface area contributed by atoms with Crippen molar-refractivity contribution in [2.45, 2.75) is 19.4 Å². The molecule has 0 N–H and O–H groups in total. The molecule has 156 valence electrons. The van der Waals surface area contributed by atoms with E-state index >= 15 is 0 Å². The molecule has 0 saturated carbocycles. The fourth-order valence-corrected chi connectivity index (χ4v) is 3.64. The summed E-state index contributed by atoms with van der Waals surface area (Å²) in [7, 11) is 0. The van der Waals surface area contributed by atoms with Crippen LogP contribution in [0.25, 0.3) is 11.4 Å². The standard InChI is InChI=1S/C25H22ClN3O2/c1-18(19-9-4-2-5-10-19)29(25(30)20-11-6-3-7-12-20)16-15-23-27-24(28-31-23)21-13-8-14-22(26)17-21/h2-14,17-18H,15-16H2,1H3/t18-/m1/s1. The van der Waals surface area contributed by atoms with Crippen molar-refractivity contribution in [1.29, 1.82) is 0 Å². The van der Waals surface area contributed by atoms with Gasteiger partial charge in [-0.25, -0.2) is 0 Å². The molecule has 1 heterocycles. The summed E-state index contributed by atoms with van der Waals surface area (Å²) in [5.74, 6) is 0.919. The van der Waals surface area contributed by atoms with E-state index in [1.54, 1.807) is 12.1 Å².